The van der Waals surface area contributed by atoms with Crippen molar-refractivity contribution in [1.82, 2.24) is 10.2 Å². The second-order valence-corrected chi connectivity index (χ2v) is 12.9. The monoisotopic (exact) mass is 583 g/mol. The third-order valence-corrected chi connectivity index (χ3v) is 8.05. The van der Waals surface area contributed by atoms with Gasteiger partial charge in [-0.3, -0.25) is 9.59 Å². The number of nitrogens with zero attached hydrogens (tertiary/aromatic N) is 1. The summed E-state index contributed by atoms with van der Waals surface area (Å²) < 4.78 is 5.56. The minimum absolute atomic E-state index is 0.151. The molecule has 0 aromatic heterocycles. The quantitative estimate of drug-likeness (QED) is 0.285. The molecule has 7 nitrogen and oxygen atoms in total. The number of rotatable bonds is 9. The number of hydrogen-bond acceptors (Lipinski definition) is 4. The molecule has 228 valence electrons. The Morgan fingerprint density at radius 2 is 1.51 bits per heavy atom. The fourth-order valence-corrected chi connectivity index (χ4v) is 5.43. The first kappa shape index (κ1) is 31.8. The van der Waals surface area contributed by atoms with Crippen LogP contribution in [0.15, 0.2) is 66.7 Å². The van der Waals surface area contributed by atoms with Crippen LogP contribution in [0.1, 0.15) is 73.5 Å². The van der Waals surface area contributed by atoms with Crippen LogP contribution < -0.4 is 10.6 Å². The van der Waals surface area contributed by atoms with Gasteiger partial charge in [-0.05, 0) is 94.2 Å². The molecule has 0 aliphatic heterocycles. The number of para-hydroxylation sites is 1. The van der Waals surface area contributed by atoms with Crippen molar-refractivity contribution in [2.24, 2.45) is 5.92 Å². The molecule has 1 aliphatic rings. The zero-order valence-electron chi connectivity index (χ0n) is 26.7. The molecule has 1 saturated carbocycles. The van der Waals surface area contributed by atoms with Crippen molar-refractivity contribution in [1.29, 1.82) is 0 Å². The van der Waals surface area contributed by atoms with Crippen molar-refractivity contribution < 1.29 is 19.1 Å². The largest absolute Gasteiger partial charge is 0.444 e. The van der Waals surface area contributed by atoms with Crippen LogP contribution in [0.4, 0.5) is 10.5 Å². The number of ether oxygens (including phenoxy) is 1. The molecule has 0 spiro atoms. The molecular weight excluding hydrogens is 538 g/mol. The highest BCUT2D eigenvalue weighted by molar-refractivity contribution is 6.00. The molecule has 1 fully saturated rings. The van der Waals surface area contributed by atoms with Crippen LogP contribution in [0.2, 0.25) is 0 Å². The van der Waals surface area contributed by atoms with E-state index in [9.17, 15) is 14.4 Å². The van der Waals surface area contributed by atoms with E-state index >= 15 is 0 Å². The van der Waals surface area contributed by atoms with Gasteiger partial charge in [0, 0.05) is 18.2 Å². The van der Waals surface area contributed by atoms with Crippen molar-refractivity contribution in [2.75, 3.05) is 5.32 Å². The van der Waals surface area contributed by atoms with E-state index in [0.717, 1.165) is 45.5 Å². The highest BCUT2D eigenvalue weighted by Gasteiger charge is 2.48. The molecule has 0 bridgehead atoms. The van der Waals surface area contributed by atoms with Crippen molar-refractivity contribution in [2.45, 2.75) is 92.0 Å². The summed E-state index contributed by atoms with van der Waals surface area (Å²) in [5.74, 6) is -0.391. The average Bonchev–Trinajstić information content (AvgIpc) is 3.65. The number of carbonyl (C=O) groups is 3. The Bertz CT molecular complexity index is 1460. The zero-order chi connectivity index (χ0) is 31.5. The van der Waals surface area contributed by atoms with E-state index in [1.165, 1.54) is 0 Å². The van der Waals surface area contributed by atoms with Gasteiger partial charge in [-0.1, -0.05) is 73.7 Å². The SMILES string of the molecule is Cc1ccc(C(C(=O)Nc2c(C)cccc2C)N(C(=O)C(Cc2ccccc2)NC(=O)OC(C)(C)C)C2CC2C)cc1C. The molecule has 2 N–H and O–H groups in total. The number of hydrogen-bond donors (Lipinski definition) is 2. The molecular formula is C36H45N3O4. The summed E-state index contributed by atoms with van der Waals surface area (Å²) in [6.45, 7) is 15.4. The molecule has 0 radical (unpaired) electrons. The second kappa shape index (κ2) is 13.0. The van der Waals surface area contributed by atoms with Crippen molar-refractivity contribution in [3.63, 3.8) is 0 Å². The van der Waals surface area contributed by atoms with Gasteiger partial charge in [0.25, 0.3) is 5.91 Å². The van der Waals surface area contributed by atoms with E-state index in [1.54, 1.807) is 25.7 Å². The lowest BCUT2D eigenvalue weighted by molar-refractivity contribution is -0.141. The normalized spacial score (nSPS) is 17.4. The van der Waals surface area contributed by atoms with Crippen molar-refractivity contribution in [3.8, 4) is 0 Å². The Kier molecular flexibility index (Phi) is 9.63. The van der Waals surface area contributed by atoms with Gasteiger partial charge in [0.1, 0.15) is 17.7 Å². The van der Waals surface area contributed by atoms with Crippen LogP contribution in [0.3, 0.4) is 0 Å². The van der Waals surface area contributed by atoms with Gasteiger partial charge in [0.2, 0.25) is 5.91 Å². The Morgan fingerprint density at radius 1 is 0.884 bits per heavy atom. The van der Waals surface area contributed by atoms with Gasteiger partial charge in [0.15, 0.2) is 0 Å². The highest BCUT2D eigenvalue weighted by atomic mass is 16.6. The summed E-state index contributed by atoms with van der Waals surface area (Å²) >= 11 is 0. The molecule has 3 amide bonds. The van der Waals surface area contributed by atoms with E-state index < -0.39 is 23.8 Å². The predicted octanol–water partition coefficient (Wildman–Crippen LogP) is 6.97. The third-order valence-electron chi connectivity index (χ3n) is 8.05. The molecule has 3 aromatic carbocycles. The Labute approximate surface area is 256 Å². The van der Waals surface area contributed by atoms with Crippen LogP contribution in [0, 0.1) is 33.6 Å². The van der Waals surface area contributed by atoms with Gasteiger partial charge in [-0.25, -0.2) is 4.79 Å². The minimum atomic E-state index is -0.938. The first-order chi connectivity index (χ1) is 20.2. The summed E-state index contributed by atoms with van der Waals surface area (Å²) in [6.07, 6.45) is 0.358. The van der Waals surface area contributed by atoms with Crippen LogP contribution in [0.5, 0.6) is 0 Å². The first-order valence-electron chi connectivity index (χ1n) is 15.0. The molecule has 0 saturated heterocycles. The number of benzene rings is 3. The van der Waals surface area contributed by atoms with E-state index in [2.05, 4.69) is 17.6 Å². The van der Waals surface area contributed by atoms with Gasteiger partial charge in [-0.15, -0.1) is 0 Å². The summed E-state index contributed by atoms with van der Waals surface area (Å²) in [6, 6.07) is 19.4. The van der Waals surface area contributed by atoms with Crippen LogP contribution in [-0.2, 0) is 20.7 Å². The maximum Gasteiger partial charge on any atom is 0.408 e. The summed E-state index contributed by atoms with van der Waals surface area (Å²) in [5, 5.41) is 6.01. The summed E-state index contributed by atoms with van der Waals surface area (Å²) in [4.78, 5) is 43.8. The standard InChI is InChI=1S/C36H45N3O4/c1-22-17-18-28(19-25(22)4)32(33(40)38-31-23(2)13-12-14-24(31)3)39(30-20-26(30)5)34(41)29(21-27-15-10-9-11-16-27)37-35(42)43-36(6,7)8/h9-19,26,29-30,32H,20-21H2,1-8H3,(H,37,42)(H,38,40). The number of carbonyl (C=O) groups excluding carboxylic acids is 3. The molecule has 0 heterocycles. The highest BCUT2D eigenvalue weighted by Crippen LogP contribution is 2.41. The van der Waals surface area contributed by atoms with Crippen molar-refractivity contribution in [3.05, 3.63) is 100 Å². The Balaban J connectivity index is 1.79. The maximum atomic E-state index is 14.7. The molecule has 4 unspecified atom stereocenters. The number of aryl methyl sites for hydroxylation is 4. The molecule has 3 aromatic rings. The lowest BCUT2D eigenvalue weighted by Gasteiger charge is -2.35. The van der Waals surface area contributed by atoms with Gasteiger partial charge in [0.05, 0.1) is 0 Å². The molecule has 4 rings (SSSR count). The molecule has 43 heavy (non-hydrogen) atoms. The zero-order valence-corrected chi connectivity index (χ0v) is 26.7. The Morgan fingerprint density at radius 3 is 2.07 bits per heavy atom. The van der Waals surface area contributed by atoms with Crippen LogP contribution in [0.25, 0.3) is 0 Å². The maximum absolute atomic E-state index is 14.7. The van der Waals surface area contributed by atoms with Gasteiger partial charge in [-0.2, -0.15) is 0 Å². The lowest BCUT2D eigenvalue weighted by atomic mass is 9.96. The topological polar surface area (TPSA) is 87.7 Å². The van der Waals surface area contributed by atoms with Gasteiger partial charge >= 0.3 is 6.09 Å². The van der Waals surface area contributed by atoms with E-state index in [0.29, 0.717) is 0 Å². The lowest BCUT2D eigenvalue weighted by Crippen LogP contribution is -2.54. The molecule has 1 aliphatic carbocycles. The van der Waals surface area contributed by atoms with Crippen molar-refractivity contribution >= 4 is 23.6 Å². The number of anilines is 1. The second-order valence-electron chi connectivity index (χ2n) is 12.9. The van der Waals surface area contributed by atoms with E-state index in [-0.39, 0.29) is 30.2 Å². The average molecular weight is 584 g/mol. The number of nitrogens with one attached hydrogen (secondary N) is 2. The number of alkyl carbamates (subject to hydrolysis) is 1. The molecule has 7 heteroatoms. The van der Waals surface area contributed by atoms with E-state index in [4.69, 9.17) is 4.74 Å². The smallest absolute Gasteiger partial charge is 0.408 e. The fraction of sp³-hybridized carbons (Fsp3) is 0.417. The summed E-state index contributed by atoms with van der Waals surface area (Å²) in [7, 11) is 0. The predicted molar refractivity (Wildman–Crippen MR) is 171 cm³/mol. The van der Waals surface area contributed by atoms with Crippen LogP contribution in [-0.4, -0.2) is 40.5 Å². The molecule has 4 atom stereocenters. The van der Waals surface area contributed by atoms with Gasteiger partial charge < -0.3 is 20.3 Å². The minimum Gasteiger partial charge on any atom is -0.444 e. The number of amides is 3. The Hall–Kier alpha value is -4.13. The third kappa shape index (κ3) is 8.04. The van der Waals surface area contributed by atoms with Crippen LogP contribution >= 0.6 is 0 Å². The first-order valence-corrected chi connectivity index (χ1v) is 15.0. The fourth-order valence-electron chi connectivity index (χ4n) is 5.43. The summed E-state index contributed by atoms with van der Waals surface area (Å²) in [5.41, 5.74) is 5.65. The van der Waals surface area contributed by atoms with E-state index in [1.807, 2.05) is 94.4 Å².